The predicted octanol–water partition coefficient (Wildman–Crippen LogP) is 5.92. The summed E-state index contributed by atoms with van der Waals surface area (Å²) in [7, 11) is 0. The molecule has 2 unspecified atom stereocenters. The standard InChI is InChI=1S/C30H47NO10/c1-9-30(7,8)27(34)39-17-20(6)24(25(31)26(32)33)21-10-11-22(40-28(35)37-14-12-18(2)3)23(16-21)41-29(36)38-15-13-19(4)5/h10-11,16,18-20,24-25H,9,12-15,17,31H2,1-8H3,(H,32,33)/t20?,24?,25-/m0/s1. The molecule has 0 spiro atoms. The van der Waals surface area contributed by atoms with Crippen molar-refractivity contribution in [2.45, 2.75) is 86.6 Å². The highest BCUT2D eigenvalue weighted by Crippen LogP contribution is 2.36. The first kappa shape index (κ1) is 35.7. The van der Waals surface area contributed by atoms with E-state index < -0.39 is 47.5 Å². The number of nitrogens with two attached hydrogens (primary N) is 1. The SMILES string of the molecule is CCC(C)(C)C(=O)OCC(C)C(c1ccc(OC(=O)OCCC(C)C)c(OC(=O)OCCC(C)C)c1)[C@H](N)C(=O)O. The molecule has 1 aromatic rings. The molecule has 0 fully saturated rings. The first-order chi connectivity index (χ1) is 19.1. The molecule has 11 nitrogen and oxygen atoms in total. The summed E-state index contributed by atoms with van der Waals surface area (Å²) >= 11 is 0. The third-order valence-electron chi connectivity index (χ3n) is 6.77. The highest BCUT2D eigenvalue weighted by atomic mass is 16.7. The lowest BCUT2D eigenvalue weighted by Crippen LogP contribution is -2.41. The van der Waals surface area contributed by atoms with Gasteiger partial charge in [-0.3, -0.25) is 9.59 Å². The Labute approximate surface area is 243 Å². The Kier molecular flexibility index (Phi) is 14.6. The van der Waals surface area contributed by atoms with Crippen LogP contribution >= 0.6 is 0 Å². The van der Waals surface area contributed by atoms with Crippen LogP contribution in [0.4, 0.5) is 9.59 Å². The van der Waals surface area contributed by atoms with E-state index in [2.05, 4.69) is 0 Å². The molecule has 0 saturated carbocycles. The van der Waals surface area contributed by atoms with Gasteiger partial charge in [0, 0.05) is 5.92 Å². The van der Waals surface area contributed by atoms with E-state index >= 15 is 0 Å². The van der Waals surface area contributed by atoms with Gasteiger partial charge in [-0.2, -0.15) is 0 Å². The van der Waals surface area contributed by atoms with E-state index in [0.717, 1.165) is 0 Å². The number of carbonyl (C=O) groups is 4. The molecule has 11 heteroatoms. The second-order valence-corrected chi connectivity index (χ2v) is 11.7. The molecule has 0 saturated heterocycles. The average molecular weight is 582 g/mol. The summed E-state index contributed by atoms with van der Waals surface area (Å²) in [6.07, 6.45) is -0.209. The maximum absolute atomic E-state index is 12.5. The van der Waals surface area contributed by atoms with Gasteiger partial charge < -0.3 is 34.5 Å². The van der Waals surface area contributed by atoms with Crippen LogP contribution in [-0.4, -0.2) is 55.2 Å². The fourth-order valence-electron chi connectivity index (χ4n) is 3.58. The Morgan fingerprint density at radius 1 is 0.854 bits per heavy atom. The lowest BCUT2D eigenvalue weighted by molar-refractivity contribution is -0.155. The number of ether oxygens (including phenoxy) is 5. The fourth-order valence-corrected chi connectivity index (χ4v) is 3.58. The van der Waals surface area contributed by atoms with Gasteiger partial charge in [-0.1, -0.05) is 47.6 Å². The number of hydrogen-bond acceptors (Lipinski definition) is 10. The number of rotatable bonds is 16. The second kappa shape index (κ2) is 16.8. The highest BCUT2D eigenvalue weighted by molar-refractivity contribution is 5.76. The van der Waals surface area contributed by atoms with Gasteiger partial charge in [0.25, 0.3) is 0 Å². The minimum Gasteiger partial charge on any atom is -0.480 e. The third kappa shape index (κ3) is 12.4. The zero-order valence-electron chi connectivity index (χ0n) is 25.6. The first-order valence-corrected chi connectivity index (χ1v) is 14.1. The van der Waals surface area contributed by atoms with Crippen LogP contribution in [0.3, 0.4) is 0 Å². The Bertz CT molecular complexity index is 1020. The maximum atomic E-state index is 12.5. The van der Waals surface area contributed by atoms with E-state index in [-0.39, 0.29) is 31.3 Å². The molecule has 1 rings (SSSR count). The van der Waals surface area contributed by atoms with Gasteiger partial charge >= 0.3 is 24.2 Å². The predicted molar refractivity (Wildman–Crippen MR) is 152 cm³/mol. The molecule has 41 heavy (non-hydrogen) atoms. The summed E-state index contributed by atoms with van der Waals surface area (Å²) in [6.45, 7) is 15.2. The van der Waals surface area contributed by atoms with Crippen molar-refractivity contribution in [2.75, 3.05) is 19.8 Å². The Balaban J connectivity index is 3.32. The Morgan fingerprint density at radius 3 is 1.83 bits per heavy atom. The highest BCUT2D eigenvalue weighted by Gasteiger charge is 2.34. The van der Waals surface area contributed by atoms with E-state index in [0.29, 0.717) is 36.7 Å². The molecule has 0 radical (unpaired) electrons. The Hall–Kier alpha value is -3.34. The van der Waals surface area contributed by atoms with Crippen LogP contribution in [0.15, 0.2) is 18.2 Å². The monoisotopic (exact) mass is 581 g/mol. The minimum atomic E-state index is -1.39. The van der Waals surface area contributed by atoms with Crippen molar-refractivity contribution in [2.24, 2.45) is 28.9 Å². The zero-order chi connectivity index (χ0) is 31.3. The fraction of sp³-hybridized carbons (Fsp3) is 0.667. The van der Waals surface area contributed by atoms with E-state index in [9.17, 15) is 24.3 Å². The molecular weight excluding hydrogens is 534 g/mol. The van der Waals surface area contributed by atoms with Crippen molar-refractivity contribution in [3.63, 3.8) is 0 Å². The van der Waals surface area contributed by atoms with Crippen molar-refractivity contribution in [1.82, 2.24) is 0 Å². The minimum absolute atomic E-state index is 0.0955. The number of carboxylic acids is 1. The van der Waals surface area contributed by atoms with Crippen LogP contribution in [0.1, 0.15) is 86.1 Å². The number of carbonyl (C=O) groups excluding carboxylic acids is 3. The maximum Gasteiger partial charge on any atom is 0.513 e. The molecule has 0 bridgehead atoms. The van der Waals surface area contributed by atoms with Gasteiger partial charge in [0.2, 0.25) is 0 Å². The van der Waals surface area contributed by atoms with Crippen LogP contribution in [0.2, 0.25) is 0 Å². The van der Waals surface area contributed by atoms with Crippen molar-refractivity contribution in [1.29, 1.82) is 0 Å². The van der Waals surface area contributed by atoms with Crippen LogP contribution in [-0.2, 0) is 23.8 Å². The molecule has 0 aromatic heterocycles. The van der Waals surface area contributed by atoms with Crippen LogP contribution in [0.5, 0.6) is 11.5 Å². The Morgan fingerprint density at radius 2 is 1.37 bits per heavy atom. The second-order valence-electron chi connectivity index (χ2n) is 11.7. The third-order valence-corrected chi connectivity index (χ3v) is 6.77. The molecule has 0 aliphatic heterocycles. The zero-order valence-corrected chi connectivity index (χ0v) is 25.6. The molecule has 1 aromatic carbocycles. The largest absolute Gasteiger partial charge is 0.513 e. The number of hydrogen-bond donors (Lipinski definition) is 2. The van der Waals surface area contributed by atoms with Crippen molar-refractivity contribution in [3.05, 3.63) is 23.8 Å². The van der Waals surface area contributed by atoms with Gasteiger partial charge in [-0.25, -0.2) is 9.59 Å². The molecule has 0 heterocycles. The van der Waals surface area contributed by atoms with Gasteiger partial charge in [-0.05, 0) is 68.6 Å². The lowest BCUT2D eigenvalue weighted by atomic mass is 9.81. The molecule has 3 N–H and O–H groups in total. The van der Waals surface area contributed by atoms with Crippen molar-refractivity contribution >= 4 is 24.2 Å². The normalized spacial score (nSPS) is 13.7. The van der Waals surface area contributed by atoms with Gasteiger partial charge in [0.15, 0.2) is 11.5 Å². The number of carboxylic acid groups (broad SMARTS) is 1. The summed E-state index contributed by atoms with van der Waals surface area (Å²) < 4.78 is 26.4. The lowest BCUT2D eigenvalue weighted by Gasteiger charge is -2.29. The summed E-state index contributed by atoms with van der Waals surface area (Å²) in [5.74, 6) is -2.80. The summed E-state index contributed by atoms with van der Waals surface area (Å²) in [6, 6.07) is 2.84. The topological polar surface area (TPSA) is 161 Å². The van der Waals surface area contributed by atoms with Gasteiger partial charge in [-0.15, -0.1) is 0 Å². The van der Waals surface area contributed by atoms with Gasteiger partial charge in [0.05, 0.1) is 25.2 Å². The van der Waals surface area contributed by atoms with E-state index in [1.54, 1.807) is 20.8 Å². The quantitative estimate of drug-likeness (QED) is 0.135. The number of aliphatic carboxylic acids is 1. The molecular formula is C30H47NO10. The smallest absolute Gasteiger partial charge is 0.480 e. The van der Waals surface area contributed by atoms with Crippen molar-refractivity contribution < 1.29 is 48.0 Å². The van der Waals surface area contributed by atoms with Gasteiger partial charge in [0.1, 0.15) is 6.04 Å². The van der Waals surface area contributed by atoms with Crippen LogP contribution in [0.25, 0.3) is 0 Å². The van der Waals surface area contributed by atoms with E-state index in [4.69, 9.17) is 29.4 Å². The summed E-state index contributed by atoms with van der Waals surface area (Å²) in [5, 5.41) is 9.73. The molecule has 232 valence electrons. The van der Waals surface area contributed by atoms with E-state index in [1.165, 1.54) is 18.2 Å². The van der Waals surface area contributed by atoms with Crippen LogP contribution in [0, 0.1) is 23.2 Å². The summed E-state index contributed by atoms with van der Waals surface area (Å²) in [4.78, 5) is 49.2. The van der Waals surface area contributed by atoms with Crippen molar-refractivity contribution in [3.8, 4) is 11.5 Å². The number of benzene rings is 1. The molecule has 3 atom stereocenters. The average Bonchev–Trinajstić information content (AvgIpc) is 2.88. The van der Waals surface area contributed by atoms with Crippen LogP contribution < -0.4 is 15.2 Å². The molecule has 0 aliphatic carbocycles. The molecule has 0 aliphatic rings. The first-order valence-electron chi connectivity index (χ1n) is 14.1. The van der Waals surface area contributed by atoms with E-state index in [1.807, 2.05) is 34.6 Å². The summed E-state index contributed by atoms with van der Waals surface area (Å²) in [5.41, 5.74) is 5.74. The number of esters is 1. The molecule has 0 amide bonds.